The molecule has 1 aromatic rings. The van der Waals surface area contributed by atoms with E-state index in [4.69, 9.17) is 0 Å². The van der Waals surface area contributed by atoms with E-state index in [2.05, 4.69) is 9.72 Å². The molecule has 1 atom stereocenters. The second-order valence-electron chi connectivity index (χ2n) is 4.94. The van der Waals surface area contributed by atoms with Gasteiger partial charge < -0.3 is 9.72 Å². The van der Waals surface area contributed by atoms with Gasteiger partial charge in [0.1, 0.15) is 0 Å². The number of aromatic amines is 1. The van der Waals surface area contributed by atoms with Crippen LogP contribution >= 0.6 is 0 Å². The zero-order chi connectivity index (χ0) is 13.8. The van der Waals surface area contributed by atoms with E-state index in [0.29, 0.717) is 0 Å². The van der Waals surface area contributed by atoms with Crippen molar-refractivity contribution < 1.29 is 14.5 Å². The molecule has 0 saturated heterocycles. The highest BCUT2D eigenvalue weighted by Crippen LogP contribution is 2.29. The molecule has 6 nitrogen and oxygen atoms in total. The van der Waals surface area contributed by atoms with Gasteiger partial charge >= 0.3 is 5.97 Å². The van der Waals surface area contributed by atoms with Crippen LogP contribution < -0.4 is 0 Å². The van der Waals surface area contributed by atoms with Crippen LogP contribution in [0.3, 0.4) is 0 Å². The van der Waals surface area contributed by atoms with Crippen molar-refractivity contribution in [2.45, 2.75) is 32.7 Å². The number of carbonyl (C=O) groups is 1. The molecule has 0 aromatic carbocycles. The van der Waals surface area contributed by atoms with Crippen molar-refractivity contribution in [1.82, 2.24) is 4.98 Å². The summed E-state index contributed by atoms with van der Waals surface area (Å²) >= 11 is 0. The Balaban J connectivity index is 2.83. The highest BCUT2D eigenvalue weighted by Gasteiger charge is 2.41. The SMILES string of the molecule is COC(=O)CC(C)(C)C(Cc1ccc[nH]1)[N+](=O)[O-]. The maximum atomic E-state index is 11.3. The molecule has 0 radical (unpaired) electrons. The number of ether oxygens (including phenoxy) is 1. The first-order chi connectivity index (χ1) is 8.36. The van der Waals surface area contributed by atoms with Crippen LogP contribution in [0.15, 0.2) is 18.3 Å². The van der Waals surface area contributed by atoms with Crippen molar-refractivity contribution in [2.24, 2.45) is 5.41 Å². The highest BCUT2D eigenvalue weighted by atomic mass is 16.6. The summed E-state index contributed by atoms with van der Waals surface area (Å²) in [5.74, 6) is -0.432. The summed E-state index contributed by atoms with van der Waals surface area (Å²) in [5, 5.41) is 11.2. The van der Waals surface area contributed by atoms with Crippen molar-refractivity contribution in [3.63, 3.8) is 0 Å². The van der Waals surface area contributed by atoms with Crippen LogP contribution in [0.5, 0.6) is 0 Å². The maximum Gasteiger partial charge on any atom is 0.306 e. The summed E-state index contributed by atoms with van der Waals surface area (Å²) in [6.45, 7) is 3.42. The van der Waals surface area contributed by atoms with Gasteiger partial charge in [0.2, 0.25) is 6.04 Å². The van der Waals surface area contributed by atoms with Gasteiger partial charge in [-0.15, -0.1) is 0 Å². The minimum absolute atomic E-state index is 0.0237. The number of aromatic nitrogens is 1. The Kier molecular flexibility index (Phi) is 4.47. The lowest BCUT2D eigenvalue weighted by Gasteiger charge is -2.26. The van der Waals surface area contributed by atoms with Crippen molar-refractivity contribution in [3.05, 3.63) is 34.1 Å². The topological polar surface area (TPSA) is 85.2 Å². The van der Waals surface area contributed by atoms with Gasteiger partial charge in [0.25, 0.3) is 0 Å². The van der Waals surface area contributed by atoms with Crippen LogP contribution in [-0.2, 0) is 16.0 Å². The van der Waals surface area contributed by atoms with Gasteiger partial charge in [-0.1, -0.05) is 13.8 Å². The van der Waals surface area contributed by atoms with Gasteiger partial charge in [0.05, 0.1) is 20.0 Å². The van der Waals surface area contributed by atoms with Gasteiger partial charge in [-0.3, -0.25) is 14.9 Å². The fraction of sp³-hybridized carbons (Fsp3) is 0.583. The van der Waals surface area contributed by atoms with E-state index in [1.54, 1.807) is 32.2 Å². The van der Waals surface area contributed by atoms with Gasteiger partial charge in [0.15, 0.2) is 0 Å². The summed E-state index contributed by atoms with van der Waals surface area (Å²) in [7, 11) is 1.28. The predicted molar refractivity (Wildman–Crippen MR) is 65.7 cm³/mol. The molecule has 0 amide bonds. The smallest absolute Gasteiger partial charge is 0.306 e. The van der Waals surface area contributed by atoms with Gasteiger partial charge in [0, 0.05) is 22.2 Å². The van der Waals surface area contributed by atoms with Crippen molar-refractivity contribution >= 4 is 5.97 Å². The number of hydrogen-bond donors (Lipinski definition) is 1. The van der Waals surface area contributed by atoms with Gasteiger partial charge in [-0.2, -0.15) is 0 Å². The molecule has 1 rings (SSSR count). The predicted octanol–water partition coefficient (Wildman–Crippen LogP) is 1.79. The molecule has 0 aliphatic heterocycles. The van der Waals surface area contributed by atoms with Gasteiger partial charge in [-0.25, -0.2) is 0 Å². The second-order valence-corrected chi connectivity index (χ2v) is 4.94. The Labute approximate surface area is 105 Å². The lowest BCUT2D eigenvalue weighted by molar-refractivity contribution is -0.540. The molecule has 1 heterocycles. The summed E-state index contributed by atoms with van der Waals surface area (Å²) in [6.07, 6.45) is 2.01. The molecule has 1 unspecified atom stereocenters. The fourth-order valence-corrected chi connectivity index (χ4v) is 1.90. The molecule has 1 aromatic heterocycles. The maximum absolute atomic E-state index is 11.3. The Bertz CT molecular complexity index is 412. The van der Waals surface area contributed by atoms with E-state index < -0.39 is 17.4 Å². The third-order valence-electron chi connectivity index (χ3n) is 3.06. The van der Waals surface area contributed by atoms with Crippen molar-refractivity contribution in [3.8, 4) is 0 Å². The number of hydrogen-bond acceptors (Lipinski definition) is 4. The normalized spacial score (nSPS) is 13.1. The summed E-state index contributed by atoms with van der Waals surface area (Å²) in [4.78, 5) is 25.1. The molecule has 0 bridgehead atoms. The molecule has 6 heteroatoms. The summed E-state index contributed by atoms with van der Waals surface area (Å²) in [5.41, 5.74) is 0.0245. The van der Waals surface area contributed by atoms with E-state index in [0.717, 1.165) is 5.69 Å². The van der Waals surface area contributed by atoms with E-state index in [9.17, 15) is 14.9 Å². The third kappa shape index (κ3) is 3.58. The first kappa shape index (κ1) is 14.2. The van der Waals surface area contributed by atoms with Crippen molar-refractivity contribution in [2.75, 3.05) is 7.11 Å². The van der Waals surface area contributed by atoms with Crippen LogP contribution in [0.2, 0.25) is 0 Å². The number of H-pyrrole nitrogens is 1. The Morgan fingerprint density at radius 2 is 2.28 bits per heavy atom. The first-order valence-electron chi connectivity index (χ1n) is 5.69. The zero-order valence-electron chi connectivity index (χ0n) is 10.8. The third-order valence-corrected chi connectivity index (χ3v) is 3.06. The standard InChI is InChI=1S/C12H18N2O4/c1-12(2,8-11(15)18-3)10(14(16)17)7-9-5-4-6-13-9/h4-6,10,13H,7-8H2,1-3H3. The molecule has 0 fully saturated rings. The number of esters is 1. The lowest BCUT2D eigenvalue weighted by atomic mass is 9.79. The number of carbonyl (C=O) groups excluding carboxylic acids is 1. The first-order valence-corrected chi connectivity index (χ1v) is 5.69. The van der Waals surface area contributed by atoms with Crippen molar-refractivity contribution in [1.29, 1.82) is 0 Å². The number of nitrogens with one attached hydrogen (secondary N) is 1. The van der Waals surface area contributed by atoms with Crippen LogP contribution in [0, 0.1) is 15.5 Å². The van der Waals surface area contributed by atoms with Crippen LogP contribution in [0.25, 0.3) is 0 Å². The molecule has 18 heavy (non-hydrogen) atoms. The van der Waals surface area contributed by atoms with Crippen LogP contribution in [-0.4, -0.2) is 29.0 Å². The number of rotatable bonds is 6. The Morgan fingerprint density at radius 1 is 1.61 bits per heavy atom. The van der Waals surface area contributed by atoms with E-state index in [1.165, 1.54) is 7.11 Å². The molecule has 100 valence electrons. The Hall–Kier alpha value is -1.85. The quantitative estimate of drug-likeness (QED) is 0.476. The van der Waals surface area contributed by atoms with E-state index in [1.807, 2.05) is 0 Å². The minimum atomic E-state index is -0.838. The molecular weight excluding hydrogens is 236 g/mol. The lowest BCUT2D eigenvalue weighted by Crippen LogP contribution is -2.40. The minimum Gasteiger partial charge on any atom is -0.469 e. The summed E-state index contributed by atoms with van der Waals surface area (Å²) < 4.78 is 4.58. The number of methoxy groups -OCH3 is 1. The van der Waals surface area contributed by atoms with E-state index >= 15 is 0 Å². The Morgan fingerprint density at radius 3 is 2.72 bits per heavy atom. The number of nitro groups is 1. The molecule has 0 spiro atoms. The average Bonchev–Trinajstić information content (AvgIpc) is 2.77. The number of nitrogens with zero attached hydrogens (tertiary/aromatic N) is 1. The fourth-order valence-electron chi connectivity index (χ4n) is 1.90. The van der Waals surface area contributed by atoms with Crippen LogP contribution in [0.4, 0.5) is 0 Å². The summed E-state index contributed by atoms with van der Waals surface area (Å²) in [6, 6.07) is 2.75. The molecule has 0 aliphatic rings. The molecule has 0 saturated carbocycles. The molecule has 0 aliphatic carbocycles. The largest absolute Gasteiger partial charge is 0.469 e. The van der Waals surface area contributed by atoms with E-state index in [-0.39, 0.29) is 17.8 Å². The average molecular weight is 254 g/mol. The highest BCUT2D eigenvalue weighted by molar-refractivity contribution is 5.70. The monoisotopic (exact) mass is 254 g/mol. The second kappa shape index (κ2) is 5.66. The molecular formula is C12H18N2O4. The van der Waals surface area contributed by atoms with Gasteiger partial charge in [-0.05, 0) is 12.1 Å². The zero-order valence-corrected chi connectivity index (χ0v) is 10.8. The van der Waals surface area contributed by atoms with Crippen LogP contribution in [0.1, 0.15) is 26.0 Å². The molecule has 1 N–H and O–H groups in total.